The van der Waals surface area contributed by atoms with Gasteiger partial charge in [-0.15, -0.1) is 0 Å². The Morgan fingerprint density at radius 3 is 2.67 bits per heavy atom. The van der Waals surface area contributed by atoms with Gasteiger partial charge in [0.1, 0.15) is 0 Å². The first kappa shape index (κ1) is 14.3. The van der Waals surface area contributed by atoms with Crippen molar-refractivity contribution in [2.24, 2.45) is 0 Å². The highest BCUT2D eigenvalue weighted by molar-refractivity contribution is 7.91. The lowest BCUT2D eigenvalue weighted by Crippen LogP contribution is -2.35. The van der Waals surface area contributed by atoms with E-state index >= 15 is 0 Å². The average molecular weight is 305 g/mol. The van der Waals surface area contributed by atoms with Crippen LogP contribution >= 0.6 is 0 Å². The molecule has 0 atom stereocenters. The maximum absolute atomic E-state index is 12.1. The highest BCUT2D eigenvalue weighted by atomic mass is 32.2. The number of hydrogen-bond acceptors (Lipinski definition) is 3. The van der Waals surface area contributed by atoms with Crippen LogP contribution in [-0.4, -0.2) is 29.3 Å². The van der Waals surface area contributed by atoms with Gasteiger partial charge in [0.2, 0.25) is 10.0 Å². The summed E-state index contributed by atoms with van der Waals surface area (Å²) in [5.41, 5.74) is 2.07. The van der Waals surface area contributed by atoms with E-state index in [9.17, 15) is 8.42 Å². The molecule has 0 radical (unpaired) electrons. The summed E-state index contributed by atoms with van der Waals surface area (Å²) in [6.45, 7) is 2.75. The summed E-state index contributed by atoms with van der Waals surface area (Å²) in [6, 6.07) is 9.95. The van der Waals surface area contributed by atoms with E-state index < -0.39 is 14.8 Å². The Hall–Kier alpha value is -1.66. The Balaban J connectivity index is 1.66. The van der Waals surface area contributed by atoms with Gasteiger partial charge in [-0.2, -0.15) is 0 Å². The maximum atomic E-state index is 12.1. The maximum Gasteiger partial charge on any atom is 0.217 e. The van der Waals surface area contributed by atoms with Crippen molar-refractivity contribution in [3.63, 3.8) is 0 Å². The summed E-state index contributed by atoms with van der Waals surface area (Å²) in [5, 5.41) is 0. The Morgan fingerprint density at radius 1 is 1.29 bits per heavy atom. The zero-order valence-electron chi connectivity index (χ0n) is 12.0. The van der Waals surface area contributed by atoms with Gasteiger partial charge in [0.05, 0.1) is 23.0 Å². The monoisotopic (exact) mass is 305 g/mol. The molecule has 112 valence electrons. The molecule has 2 aromatic rings. The second kappa shape index (κ2) is 5.27. The number of aromatic nitrogens is 2. The Kier molecular flexibility index (Phi) is 3.59. The van der Waals surface area contributed by atoms with Crippen LogP contribution in [0.1, 0.15) is 19.8 Å². The van der Waals surface area contributed by atoms with Crippen LogP contribution in [0.4, 0.5) is 0 Å². The molecular weight excluding hydrogens is 286 g/mol. The van der Waals surface area contributed by atoms with Gasteiger partial charge in [-0.05, 0) is 25.3 Å². The lowest BCUT2D eigenvalue weighted by molar-refractivity contribution is 0.559. The standard InChI is InChI=1S/C15H19N3O2S/c1-15(7-8-15)21(19,20)17-9-10-18-12-16-11-14(18)13-5-3-2-4-6-13/h2-6,11-12,17H,7-10H2,1H3. The van der Waals surface area contributed by atoms with E-state index in [0.717, 1.165) is 24.1 Å². The van der Waals surface area contributed by atoms with E-state index in [1.807, 2.05) is 34.9 Å². The van der Waals surface area contributed by atoms with Crippen LogP contribution in [-0.2, 0) is 16.6 Å². The largest absolute Gasteiger partial charge is 0.329 e. The van der Waals surface area contributed by atoms with Crippen molar-refractivity contribution in [3.05, 3.63) is 42.9 Å². The topological polar surface area (TPSA) is 64.0 Å². The fourth-order valence-corrected chi connectivity index (χ4v) is 3.62. The van der Waals surface area contributed by atoms with Crippen LogP contribution in [0, 0.1) is 0 Å². The summed E-state index contributed by atoms with van der Waals surface area (Å²) < 4.78 is 28.2. The van der Waals surface area contributed by atoms with Gasteiger partial charge in [0, 0.05) is 13.1 Å². The summed E-state index contributed by atoms with van der Waals surface area (Å²) in [7, 11) is -3.20. The van der Waals surface area contributed by atoms with Crippen LogP contribution in [0.3, 0.4) is 0 Å². The summed E-state index contributed by atoms with van der Waals surface area (Å²) in [4.78, 5) is 4.16. The number of nitrogens with zero attached hydrogens (tertiary/aromatic N) is 2. The van der Waals surface area contributed by atoms with E-state index in [1.165, 1.54) is 0 Å². The minimum atomic E-state index is -3.20. The fraction of sp³-hybridized carbons (Fsp3) is 0.400. The average Bonchev–Trinajstić information content (AvgIpc) is 3.07. The predicted molar refractivity (Wildman–Crippen MR) is 82.2 cm³/mol. The van der Waals surface area contributed by atoms with Gasteiger partial charge in [0.25, 0.3) is 0 Å². The van der Waals surface area contributed by atoms with Crippen molar-refractivity contribution in [2.75, 3.05) is 6.54 Å². The van der Waals surface area contributed by atoms with Gasteiger partial charge in [-0.25, -0.2) is 18.1 Å². The Bertz CT molecular complexity index is 718. The molecule has 0 amide bonds. The third-order valence-corrected chi connectivity index (χ3v) is 6.32. The first-order valence-corrected chi connectivity index (χ1v) is 8.55. The minimum Gasteiger partial charge on any atom is -0.329 e. The zero-order valence-corrected chi connectivity index (χ0v) is 12.8. The molecule has 1 aromatic heterocycles. The molecule has 1 N–H and O–H groups in total. The second-order valence-corrected chi connectivity index (χ2v) is 7.97. The summed E-state index contributed by atoms with van der Waals surface area (Å²) in [5.74, 6) is 0. The molecule has 0 saturated heterocycles. The molecule has 1 aromatic carbocycles. The van der Waals surface area contributed by atoms with Crippen molar-refractivity contribution < 1.29 is 8.42 Å². The van der Waals surface area contributed by atoms with Crippen molar-refractivity contribution in [2.45, 2.75) is 31.1 Å². The lowest BCUT2D eigenvalue weighted by Gasteiger charge is -2.13. The van der Waals surface area contributed by atoms with Crippen LogP contribution in [0.5, 0.6) is 0 Å². The molecule has 1 heterocycles. The van der Waals surface area contributed by atoms with Crippen LogP contribution in [0.25, 0.3) is 11.3 Å². The number of rotatable bonds is 6. The molecular formula is C15H19N3O2S. The van der Waals surface area contributed by atoms with Gasteiger partial charge >= 0.3 is 0 Å². The first-order valence-electron chi connectivity index (χ1n) is 7.07. The van der Waals surface area contributed by atoms with Gasteiger partial charge in [-0.3, -0.25) is 0 Å². The molecule has 3 rings (SSSR count). The highest BCUT2D eigenvalue weighted by Crippen LogP contribution is 2.42. The molecule has 0 aliphatic heterocycles. The molecule has 0 unspecified atom stereocenters. The molecule has 1 saturated carbocycles. The molecule has 5 nitrogen and oxygen atoms in total. The second-order valence-electron chi connectivity index (χ2n) is 5.69. The number of benzene rings is 1. The Morgan fingerprint density at radius 2 is 2.00 bits per heavy atom. The minimum absolute atomic E-state index is 0.383. The van der Waals surface area contributed by atoms with Gasteiger partial charge < -0.3 is 4.57 Å². The molecule has 1 fully saturated rings. The molecule has 1 aliphatic carbocycles. The molecule has 0 bridgehead atoms. The van der Waals surface area contributed by atoms with Crippen molar-refractivity contribution in [3.8, 4) is 11.3 Å². The van der Waals surface area contributed by atoms with E-state index in [4.69, 9.17) is 0 Å². The summed E-state index contributed by atoms with van der Waals surface area (Å²) in [6.07, 6.45) is 5.03. The van der Waals surface area contributed by atoms with Crippen molar-refractivity contribution >= 4 is 10.0 Å². The van der Waals surface area contributed by atoms with Gasteiger partial charge in [0.15, 0.2) is 0 Å². The van der Waals surface area contributed by atoms with E-state index in [-0.39, 0.29) is 0 Å². The molecule has 0 spiro atoms. The SMILES string of the molecule is CC1(S(=O)(=O)NCCn2cncc2-c2ccccc2)CC1. The third kappa shape index (κ3) is 2.87. The highest BCUT2D eigenvalue weighted by Gasteiger charge is 2.49. The zero-order chi connectivity index (χ0) is 14.9. The number of imidazole rings is 1. The third-order valence-electron chi connectivity index (χ3n) is 4.03. The molecule has 21 heavy (non-hydrogen) atoms. The molecule has 1 aliphatic rings. The van der Waals surface area contributed by atoms with E-state index in [1.54, 1.807) is 19.4 Å². The quantitative estimate of drug-likeness (QED) is 0.888. The number of nitrogens with one attached hydrogen (secondary N) is 1. The van der Waals surface area contributed by atoms with E-state index in [0.29, 0.717) is 13.1 Å². The van der Waals surface area contributed by atoms with E-state index in [2.05, 4.69) is 9.71 Å². The lowest BCUT2D eigenvalue weighted by atomic mass is 10.2. The number of hydrogen-bond donors (Lipinski definition) is 1. The fourth-order valence-electron chi connectivity index (χ4n) is 2.27. The van der Waals surface area contributed by atoms with Crippen LogP contribution in [0.15, 0.2) is 42.9 Å². The summed E-state index contributed by atoms with van der Waals surface area (Å²) >= 11 is 0. The van der Waals surface area contributed by atoms with Crippen LogP contribution < -0.4 is 4.72 Å². The number of sulfonamides is 1. The normalized spacial score (nSPS) is 16.8. The smallest absolute Gasteiger partial charge is 0.217 e. The Labute approximate surface area is 125 Å². The molecule has 6 heteroatoms. The predicted octanol–water partition coefficient (Wildman–Crippen LogP) is 2.02. The first-order chi connectivity index (χ1) is 10.0. The van der Waals surface area contributed by atoms with Crippen molar-refractivity contribution in [1.82, 2.24) is 14.3 Å². The van der Waals surface area contributed by atoms with Gasteiger partial charge in [-0.1, -0.05) is 30.3 Å². The van der Waals surface area contributed by atoms with Crippen LogP contribution in [0.2, 0.25) is 0 Å². The van der Waals surface area contributed by atoms with Crippen molar-refractivity contribution in [1.29, 1.82) is 0 Å².